The van der Waals surface area contributed by atoms with E-state index in [-0.39, 0.29) is 12.0 Å². The molecular formula is C17H22ClNO4. The highest BCUT2D eigenvalue weighted by Gasteiger charge is 2.30. The molecule has 1 saturated heterocycles. The van der Waals surface area contributed by atoms with Crippen molar-refractivity contribution < 1.29 is 19.0 Å². The molecule has 0 amide bonds. The van der Waals surface area contributed by atoms with E-state index < -0.39 is 0 Å². The quantitative estimate of drug-likeness (QED) is 0.789. The number of carbonyl (C=O) groups is 1. The fraction of sp³-hybridized carbons (Fsp3) is 0.588. The number of esters is 1. The fourth-order valence-corrected chi connectivity index (χ4v) is 3.46. The highest BCUT2D eigenvalue weighted by atomic mass is 35.5. The van der Waals surface area contributed by atoms with Crippen LogP contribution in [0.4, 0.5) is 0 Å². The first kappa shape index (κ1) is 16.4. The Bertz CT molecular complexity index is 578. The molecule has 1 atom stereocenters. The van der Waals surface area contributed by atoms with Gasteiger partial charge in [0.05, 0.1) is 11.6 Å². The van der Waals surface area contributed by atoms with Crippen molar-refractivity contribution >= 4 is 17.6 Å². The van der Waals surface area contributed by atoms with Crippen molar-refractivity contribution in [1.29, 1.82) is 0 Å². The monoisotopic (exact) mass is 339 g/mol. The van der Waals surface area contributed by atoms with Crippen molar-refractivity contribution in [3.05, 3.63) is 22.7 Å². The van der Waals surface area contributed by atoms with Gasteiger partial charge in [0.1, 0.15) is 19.3 Å². The number of hydrogen-bond donors (Lipinski definition) is 0. The van der Waals surface area contributed by atoms with E-state index in [9.17, 15) is 4.79 Å². The maximum Gasteiger partial charge on any atom is 0.323 e. The molecular weight excluding hydrogens is 318 g/mol. The van der Waals surface area contributed by atoms with E-state index in [0.717, 1.165) is 31.4 Å². The minimum Gasteiger partial charge on any atom is -0.486 e. The summed E-state index contributed by atoms with van der Waals surface area (Å²) in [6.07, 6.45) is 2.99. The number of hydrogen-bond acceptors (Lipinski definition) is 5. The SMILES string of the molecule is CCOC(=O)C1CCCCN1Cc1cc(Cl)c2c(c1)OCCO2. The van der Waals surface area contributed by atoms with E-state index in [4.69, 9.17) is 25.8 Å². The first-order valence-corrected chi connectivity index (χ1v) is 8.55. The average Bonchev–Trinajstić information content (AvgIpc) is 2.55. The number of nitrogens with zero attached hydrogens (tertiary/aromatic N) is 1. The third-order valence-electron chi connectivity index (χ3n) is 4.21. The summed E-state index contributed by atoms with van der Waals surface area (Å²) in [5.74, 6) is 1.17. The van der Waals surface area contributed by atoms with Crippen LogP contribution >= 0.6 is 11.6 Å². The van der Waals surface area contributed by atoms with Gasteiger partial charge in [-0.2, -0.15) is 0 Å². The molecule has 0 saturated carbocycles. The van der Waals surface area contributed by atoms with Gasteiger partial charge in [-0.15, -0.1) is 0 Å². The Balaban J connectivity index is 1.76. The van der Waals surface area contributed by atoms with Crippen LogP contribution in [-0.4, -0.2) is 43.3 Å². The van der Waals surface area contributed by atoms with Gasteiger partial charge in [-0.25, -0.2) is 0 Å². The number of benzene rings is 1. The lowest BCUT2D eigenvalue weighted by Gasteiger charge is -2.34. The van der Waals surface area contributed by atoms with Gasteiger partial charge in [-0.05, 0) is 44.0 Å². The van der Waals surface area contributed by atoms with Crippen LogP contribution in [0.3, 0.4) is 0 Å². The van der Waals surface area contributed by atoms with E-state index in [1.807, 2.05) is 19.1 Å². The summed E-state index contributed by atoms with van der Waals surface area (Å²) in [6, 6.07) is 3.68. The van der Waals surface area contributed by atoms with Gasteiger partial charge in [0.15, 0.2) is 11.5 Å². The van der Waals surface area contributed by atoms with Gasteiger partial charge in [0, 0.05) is 6.54 Å². The number of likely N-dealkylation sites (tertiary alicyclic amines) is 1. The van der Waals surface area contributed by atoms with Crippen molar-refractivity contribution in [2.45, 2.75) is 38.8 Å². The summed E-state index contributed by atoms with van der Waals surface area (Å²) >= 11 is 6.30. The van der Waals surface area contributed by atoms with Crippen LogP contribution < -0.4 is 9.47 Å². The van der Waals surface area contributed by atoms with E-state index >= 15 is 0 Å². The van der Waals surface area contributed by atoms with Crippen molar-refractivity contribution in [3.8, 4) is 11.5 Å². The zero-order valence-corrected chi connectivity index (χ0v) is 14.1. The van der Waals surface area contributed by atoms with Crippen molar-refractivity contribution in [2.75, 3.05) is 26.4 Å². The van der Waals surface area contributed by atoms with Crippen LogP contribution in [0.15, 0.2) is 12.1 Å². The van der Waals surface area contributed by atoms with Gasteiger partial charge in [-0.3, -0.25) is 9.69 Å². The number of rotatable bonds is 4. The Hall–Kier alpha value is -1.46. The molecule has 1 aromatic rings. The Morgan fingerprint density at radius 1 is 1.35 bits per heavy atom. The predicted molar refractivity (Wildman–Crippen MR) is 87.1 cm³/mol. The molecule has 2 heterocycles. The Labute approximate surface area is 141 Å². The van der Waals surface area contributed by atoms with Crippen LogP contribution in [0.2, 0.25) is 5.02 Å². The van der Waals surface area contributed by atoms with Gasteiger partial charge in [0.2, 0.25) is 0 Å². The van der Waals surface area contributed by atoms with E-state index in [1.165, 1.54) is 0 Å². The second-order valence-electron chi connectivity index (χ2n) is 5.84. The molecule has 1 aromatic carbocycles. The molecule has 0 aromatic heterocycles. The predicted octanol–water partition coefficient (Wildman–Crippen LogP) is 3.03. The van der Waals surface area contributed by atoms with Gasteiger partial charge in [0.25, 0.3) is 0 Å². The van der Waals surface area contributed by atoms with Crippen LogP contribution in [0, 0.1) is 0 Å². The first-order chi connectivity index (χ1) is 11.2. The Morgan fingerprint density at radius 3 is 3.00 bits per heavy atom. The fourth-order valence-electron chi connectivity index (χ4n) is 3.18. The lowest BCUT2D eigenvalue weighted by atomic mass is 10.0. The standard InChI is InChI=1S/C17H22ClNO4/c1-2-21-17(20)14-5-3-4-6-19(14)11-12-9-13(18)16-15(10-12)22-7-8-23-16/h9-10,14H,2-8,11H2,1H3. The summed E-state index contributed by atoms with van der Waals surface area (Å²) in [4.78, 5) is 14.3. The Morgan fingerprint density at radius 2 is 2.17 bits per heavy atom. The highest BCUT2D eigenvalue weighted by Crippen LogP contribution is 2.38. The summed E-state index contributed by atoms with van der Waals surface area (Å²) in [5, 5.41) is 0.557. The number of fused-ring (bicyclic) bond motifs is 1. The molecule has 126 valence electrons. The van der Waals surface area contributed by atoms with Crippen LogP contribution in [0.5, 0.6) is 11.5 Å². The maximum atomic E-state index is 12.2. The zero-order valence-electron chi connectivity index (χ0n) is 13.3. The second kappa shape index (κ2) is 7.41. The third-order valence-corrected chi connectivity index (χ3v) is 4.50. The molecule has 0 N–H and O–H groups in total. The first-order valence-electron chi connectivity index (χ1n) is 8.17. The molecule has 0 aliphatic carbocycles. The molecule has 0 spiro atoms. The topological polar surface area (TPSA) is 48.0 Å². The molecule has 1 fully saturated rings. The van der Waals surface area contributed by atoms with Crippen LogP contribution in [0.1, 0.15) is 31.7 Å². The van der Waals surface area contributed by atoms with Crippen LogP contribution in [0.25, 0.3) is 0 Å². The van der Waals surface area contributed by atoms with Crippen molar-refractivity contribution in [2.24, 2.45) is 0 Å². The smallest absolute Gasteiger partial charge is 0.323 e. The lowest BCUT2D eigenvalue weighted by Crippen LogP contribution is -2.44. The summed E-state index contributed by atoms with van der Waals surface area (Å²) < 4.78 is 16.4. The summed E-state index contributed by atoms with van der Waals surface area (Å²) in [7, 11) is 0. The molecule has 3 rings (SSSR count). The van der Waals surface area contributed by atoms with Gasteiger partial charge >= 0.3 is 5.97 Å². The van der Waals surface area contributed by atoms with Crippen molar-refractivity contribution in [3.63, 3.8) is 0 Å². The second-order valence-corrected chi connectivity index (χ2v) is 6.24. The maximum absolute atomic E-state index is 12.2. The molecule has 23 heavy (non-hydrogen) atoms. The summed E-state index contributed by atoms with van der Waals surface area (Å²) in [6.45, 7) is 4.84. The number of ether oxygens (including phenoxy) is 3. The molecule has 2 aliphatic heterocycles. The largest absolute Gasteiger partial charge is 0.486 e. The molecule has 0 radical (unpaired) electrons. The highest BCUT2D eigenvalue weighted by molar-refractivity contribution is 6.32. The van der Waals surface area contributed by atoms with E-state index in [2.05, 4.69) is 4.90 Å². The minimum atomic E-state index is -0.171. The number of carbonyl (C=O) groups excluding carboxylic acids is 1. The third kappa shape index (κ3) is 3.72. The molecule has 0 bridgehead atoms. The molecule has 2 aliphatic rings. The van der Waals surface area contributed by atoms with Crippen molar-refractivity contribution in [1.82, 2.24) is 4.90 Å². The van der Waals surface area contributed by atoms with E-state index in [0.29, 0.717) is 42.9 Å². The molecule has 6 heteroatoms. The average molecular weight is 340 g/mol. The normalized spacial score (nSPS) is 21.0. The molecule has 1 unspecified atom stereocenters. The number of halogens is 1. The lowest BCUT2D eigenvalue weighted by molar-refractivity contribution is -0.151. The number of piperidine rings is 1. The zero-order chi connectivity index (χ0) is 16.2. The van der Waals surface area contributed by atoms with Gasteiger partial charge < -0.3 is 14.2 Å². The van der Waals surface area contributed by atoms with Crippen LogP contribution in [-0.2, 0) is 16.1 Å². The minimum absolute atomic E-state index is 0.129. The van der Waals surface area contributed by atoms with E-state index in [1.54, 1.807) is 0 Å². The molecule has 5 nitrogen and oxygen atoms in total. The summed E-state index contributed by atoms with van der Waals surface area (Å²) in [5.41, 5.74) is 1.02. The Kier molecular flexibility index (Phi) is 5.28. The van der Waals surface area contributed by atoms with Gasteiger partial charge in [-0.1, -0.05) is 18.0 Å².